The van der Waals surface area contributed by atoms with E-state index in [0.717, 1.165) is 35.4 Å². The van der Waals surface area contributed by atoms with Gasteiger partial charge in [-0.2, -0.15) is 5.10 Å². The molecular formula is C41H31ClF3N7O4S. The molecule has 3 heterocycles. The Labute approximate surface area is 328 Å². The molecule has 288 valence electrons. The van der Waals surface area contributed by atoms with Crippen molar-refractivity contribution in [3.05, 3.63) is 154 Å². The lowest BCUT2D eigenvalue weighted by Gasteiger charge is -2.24. The molecule has 0 saturated carbocycles. The number of hydrogen-bond acceptors (Lipinski definition) is 6. The first-order valence-corrected chi connectivity index (χ1v) is 19.7. The molecule has 0 spiro atoms. The van der Waals surface area contributed by atoms with E-state index in [2.05, 4.69) is 15.1 Å². The minimum absolute atomic E-state index is 0.0592. The maximum Gasteiger partial charge on any atom is 0.266 e. The molecule has 0 saturated heterocycles. The number of fused-ring (bicyclic) bond motifs is 3. The number of halogens is 4. The number of hydrogen-bond donors (Lipinski definition) is 2. The third-order valence-corrected chi connectivity index (χ3v) is 10.4. The van der Waals surface area contributed by atoms with Crippen LogP contribution in [0, 0.1) is 17.5 Å². The number of anilines is 1. The topological polar surface area (TPSA) is 133 Å². The molecule has 1 amide bonds. The molecule has 0 bridgehead atoms. The van der Waals surface area contributed by atoms with Crippen molar-refractivity contribution in [3.8, 4) is 16.8 Å². The summed E-state index contributed by atoms with van der Waals surface area (Å²) in [6, 6.07) is 24.8. The molecule has 5 aromatic carbocycles. The third-order valence-electron chi connectivity index (χ3n) is 9.52. The standard InChI is InChI=1S/C41H31ClF3N7O4S/c1-50-38-35(14-13-30(42)37(38)39(48-50)49-57(2,55)56)52-40(47-32-20-25(11-12-29(32)41(52)54)28-8-4-5-9-31(28)45)33(19-23-17-26(43)21-27(44)18-23)46-36(53)22-51-16-15-24-7-3-6-10-34(24)51/h3-18,20-21,33H,19,22H2,1-2H3,(H,46,53)(H,48,49)/t33-/m0/s1. The fourth-order valence-electron chi connectivity index (χ4n) is 7.16. The van der Waals surface area contributed by atoms with E-state index in [9.17, 15) is 26.8 Å². The number of amides is 1. The predicted molar refractivity (Wildman–Crippen MR) is 213 cm³/mol. The summed E-state index contributed by atoms with van der Waals surface area (Å²) in [6.45, 7) is -0.162. The molecule has 2 N–H and O–H groups in total. The molecule has 0 aliphatic heterocycles. The van der Waals surface area contributed by atoms with Crippen molar-refractivity contribution in [2.24, 2.45) is 7.05 Å². The molecule has 11 nitrogen and oxygen atoms in total. The summed E-state index contributed by atoms with van der Waals surface area (Å²) in [5.74, 6) is -2.88. The highest BCUT2D eigenvalue weighted by atomic mass is 35.5. The molecule has 16 heteroatoms. The zero-order chi connectivity index (χ0) is 40.2. The average Bonchev–Trinajstić information content (AvgIpc) is 3.70. The summed E-state index contributed by atoms with van der Waals surface area (Å²) >= 11 is 6.65. The SMILES string of the molecule is Cn1nc(NS(C)(=O)=O)c2c(Cl)ccc(-n3c([C@H](Cc4cc(F)cc(F)c4)NC(=O)Cn4ccc5ccccc54)nc4cc(-c5ccccc5F)ccc4c3=O)c21. The van der Waals surface area contributed by atoms with E-state index in [0.29, 0.717) is 5.56 Å². The van der Waals surface area contributed by atoms with Gasteiger partial charge in [0, 0.05) is 36.8 Å². The fraction of sp³-hybridized carbons (Fsp3) is 0.122. The van der Waals surface area contributed by atoms with Crippen molar-refractivity contribution in [2.75, 3.05) is 11.0 Å². The lowest BCUT2D eigenvalue weighted by molar-refractivity contribution is -0.122. The van der Waals surface area contributed by atoms with E-state index in [1.807, 2.05) is 30.3 Å². The Morgan fingerprint density at radius 3 is 2.40 bits per heavy atom. The van der Waals surface area contributed by atoms with Crippen molar-refractivity contribution >= 4 is 66.1 Å². The summed E-state index contributed by atoms with van der Waals surface area (Å²) in [4.78, 5) is 33.9. The van der Waals surface area contributed by atoms with Gasteiger partial charge in [0.05, 0.1) is 44.8 Å². The van der Waals surface area contributed by atoms with Crippen molar-refractivity contribution in [1.29, 1.82) is 0 Å². The van der Waals surface area contributed by atoms with Crippen LogP contribution in [0.2, 0.25) is 5.02 Å². The highest BCUT2D eigenvalue weighted by Gasteiger charge is 2.28. The maximum atomic E-state index is 15.0. The smallest absolute Gasteiger partial charge is 0.266 e. The van der Waals surface area contributed by atoms with Gasteiger partial charge < -0.3 is 9.88 Å². The van der Waals surface area contributed by atoms with Crippen LogP contribution in [0.4, 0.5) is 19.0 Å². The van der Waals surface area contributed by atoms with Crippen LogP contribution in [-0.2, 0) is 34.8 Å². The Hall–Kier alpha value is -6.45. The van der Waals surface area contributed by atoms with Crippen LogP contribution in [0.5, 0.6) is 0 Å². The van der Waals surface area contributed by atoms with Crippen LogP contribution >= 0.6 is 11.6 Å². The van der Waals surface area contributed by atoms with Gasteiger partial charge in [-0.1, -0.05) is 54.1 Å². The second-order valence-electron chi connectivity index (χ2n) is 13.6. The monoisotopic (exact) mass is 809 g/mol. The summed E-state index contributed by atoms with van der Waals surface area (Å²) in [6.07, 6.45) is 2.47. The summed E-state index contributed by atoms with van der Waals surface area (Å²) in [7, 11) is -2.30. The van der Waals surface area contributed by atoms with E-state index in [1.54, 1.807) is 41.1 Å². The van der Waals surface area contributed by atoms with Crippen LogP contribution in [0.25, 0.3) is 49.5 Å². The summed E-state index contributed by atoms with van der Waals surface area (Å²) < 4.78 is 75.7. The van der Waals surface area contributed by atoms with Crippen LogP contribution in [0.15, 0.2) is 114 Å². The number of carbonyl (C=O) groups excluding carboxylic acids is 1. The molecule has 0 fully saturated rings. The van der Waals surface area contributed by atoms with E-state index in [-0.39, 0.29) is 68.3 Å². The highest BCUT2D eigenvalue weighted by Crippen LogP contribution is 2.36. The molecule has 0 aliphatic rings. The number of aryl methyl sites for hydroxylation is 1. The van der Waals surface area contributed by atoms with Gasteiger partial charge in [-0.05, 0) is 71.1 Å². The van der Waals surface area contributed by atoms with Crippen molar-refractivity contribution in [3.63, 3.8) is 0 Å². The van der Waals surface area contributed by atoms with Crippen LogP contribution < -0.4 is 15.6 Å². The average molecular weight is 810 g/mol. The predicted octanol–water partition coefficient (Wildman–Crippen LogP) is 7.44. The fourth-order valence-corrected chi connectivity index (χ4v) is 7.90. The molecule has 1 atom stereocenters. The molecule has 0 unspecified atom stereocenters. The molecular weight excluding hydrogens is 779 g/mol. The zero-order valence-corrected chi connectivity index (χ0v) is 31.7. The quantitative estimate of drug-likeness (QED) is 0.148. The summed E-state index contributed by atoms with van der Waals surface area (Å²) in [5, 5.41) is 8.62. The van der Waals surface area contributed by atoms with Gasteiger partial charge in [-0.25, -0.2) is 26.6 Å². The van der Waals surface area contributed by atoms with Crippen molar-refractivity contribution in [1.82, 2.24) is 29.2 Å². The molecule has 57 heavy (non-hydrogen) atoms. The second kappa shape index (κ2) is 14.6. The van der Waals surface area contributed by atoms with Crippen LogP contribution in [0.3, 0.4) is 0 Å². The molecule has 8 rings (SSSR count). The van der Waals surface area contributed by atoms with Gasteiger partial charge in [-0.15, -0.1) is 0 Å². The van der Waals surface area contributed by atoms with Gasteiger partial charge in [0.25, 0.3) is 5.56 Å². The van der Waals surface area contributed by atoms with E-state index in [1.165, 1.54) is 40.6 Å². The number of nitrogens with zero attached hydrogens (tertiary/aromatic N) is 5. The van der Waals surface area contributed by atoms with E-state index >= 15 is 4.39 Å². The molecule has 0 radical (unpaired) electrons. The number of sulfonamides is 1. The highest BCUT2D eigenvalue weighted by molar-refractivity contribution is 7.92. The van der Waals surface area contributed by atoms with Gasteiger partial charge >= 0.3 is 0 Å². The minimum atomic E-state index is -3.83. The first-order valence-electron chi connectivity index (χ1n) is 17.5. The van der Waals surface area contributed by atoms with E-state index < -0.39 is 45.0 Å². The zero-order valence-electron chi connectivity index (χ0n) is 30.2. The normalized spacial score (nSPS) is 12.4. The number of benzene rings is 5. The number of aromatic nitrogens is 5. The Bertz CT molecular complexity index is 3070. The first-order chi connectivity index (χ1) is 27.2. The maximum absolute atomic E-state index is 15.0. The van der Waals surface area contributed by atoms with Crippen LogP contribution in [0.1, 0.15) is 17.4 Å². The Balaban J connectivity index is 1.38. The van der Waals surface area contributed by atoms with Gasteiger partial charge in [0.2, 0.25) is 15.9 Å². The number of rotatable bonds is 10. The Morgan fingerprint density at radius 1 is 0.912 bits per heavy atom. The minimum Gasteiger partial charge on any atom is -0.344 e. The molecule has 8 aromatic rings. The third kappa shape index (κ3) is 7.34. The lowest BCUT2D eigenvalue weighted by Crippen LogP contribution is -2.37. The van der Waals surface area contributed by atoms with Gasteiger partial charge in [0.15, 0.2) is 5.82 Å². The number of nitrogens with one attached hydrogen (secondary N) is 2. The Morgan fingerprint density at radius 2 is 1.65 bits per heavy atom. The lowest BCUT2D eigenvalue weighted by atomic mass is 10.0. The number of para-hydroxylation sites is 1. The molecule has 0 aliphatic carbocycles. The van der Waals surface area contributed by atoms with Gasteiger partial charge in [0.1, 0.15) is 29.8 Å². The largest absolute Gasteiger partial charge is 0.344 e. The summed E-state index contributed by atoms with van der Waals surface area (Å²) in [5.41, 5.74) is 1.50. The van der Waals surface area contributed by atoms with Crippen LogP contribution in [-0.4, -0.2) is 44.5 Å². The second-order valence-corrected chi connectivity index (χ2v) is 15.7. The van der Waals surface area contributed by atoms with Crippen molar-refractivity contribution < 1.29 is 26.4 Å². The van der Waals surface area contributed by atoms with Gasteiger partial charge in [-0.3, -0.25) is 23.6 Å². The van der Waals surface area contributed by atoms with Crippen molar-refractivity contribution in [2.45, 2.75) is 19.0 Å². The Kier molecular flexibility index (Phi) is 9.57. The first kappa shape index (κ1) is 37.5. The van der Waals surface area contributed by atoms with E-state index in [4.69, 9.17) is 16.6 Å². The molecule has 3 aromatic heterocycles. The number of carbonyl (C=O) groups is 1.